The molecule has 1 aliphatic rings. The number of ether oxygens (including phenoxy) is 1. The van der Waals surface area contributed by atoms with Crippen molar-refractivity contribution in [1.29, 1.82) is 5.26 Å². The van der Waals surface area contributed by atoms with Gasteiger partial charge in [-0.1, -0.05) is 12.8 Å². The average Bonchev–Trinajstić information content (AvgIpc) is 3.17. The maximum atomic E-state index is 12.4. The van der Waals surface area contributed by atoms with E-state index in [0.29, 0.717) is 17.0 Å². The van der Waals surface area contributed by atoms with Crippen LogP contribution in [0.1, 0.15) is 31.2 Å². The Balaban J connectivity index is 1.84. The van der Waals surface area contributed by atoms with Crippen molar-refractivity contribution in [2.45, 2.75) is 38.6 Å². The van der Waals surface area contributed by atoms with E-state index in [4.69, 9.17) is 5.26 Å². The van der Waals surface area contributed by atoms with Crippen molar-refractivity contribution in [3.8, 4) is 22.9 Å². The number of hydrogen-bond donors (Lipinski definition) is 0. The smallest absolute Gasteiger partial charge is 0.406 e. The van der Waals surface area contributed by atoms with Gasteiger partial charge < -0.3 is 4.74 Å². The zero-order chi connectivity index (χ0) is 17.2. The van der Waals surface area contributed by atoms with Crippen LogP contribution in [0, 0.1) is 17.2 Å². The van der Waals surface area contributed by atoms with Crippen molar-refractivity contribution >= 4 is 0 Å². The largest absolute Gasteiger partial charge is 0.573 e. The number of aromatic nitrogens is 2. The molecule has 0 aliphatic heterocycles. The van der Waals surface area contributed by atoms with E-state index in [1.165, 1.54) is 37.8 Å². The van der Waals surface area contributed by atoms with Crippen LogP contribution in [0.25, 0.3) is 11.1 Å². The lowest BCUT2D eigenvalue weighted by atomic mass is 10.1. The Hall–Kier alpha value is -2.49. The molecule has 0 saturated heterocycles. The van der Waals surface area contributed by atoms with Gasteiger partial charge in [-0.15, -0.1) is 13.2 Å². The Morgan fingerprint density at radius 2 is 1.96 bits per heavy atom. The third-order valence-electron chi connectivity index (χ3n) is 4.16. The summed E-state index contributed by atoms with van der Waals surface area (Å²) in [6.07, 6.45) is 3.45. The molecule has 0 spiro atoms. The molecule has 1 aromatic heterocycles. The van der Waals surface area contributed by atoms with Gasteiger partial charge in [0.05, 0.1) is 17.8 Å². The molecule has 4 nitrogen and oxygen atoms in total. The van der Waals surface area contributed by atoms with E-state index in [1.807, 2.05) is 10.8 Å². The molecule has 0 unspecified atom stereocenters. The van der Waals surface area contributed by atoms with Gasteiger partial charge in [-0.25, -0.2) is 0 Å². The number of alkyl halides is 3. The number of halogens is 3. The van der Waals surface area contributed by atoms with Crippen LogP contribution in [-0.2, 0) is 6.54 Å². The fraction of sp³-hybridized carbons (Fsp3) is 0.412. The topological polar surface area (TPSA) is 50.8 Å². The SMILES string of the molecule is N#Cc1cc(OC(F)(F)F)cc(-c2cnn(CC3CCCC3)c2)c1. The quantitative estimate of drug-likeness (QED) is 0.826. The molecule has 1 saturated carbocycles. The predicted octanol–water partition coefficient (Wildman–Crippen LogP) is 4.51. The summed E-state index contributed by atoms with van der Waals surface area (Å²) in [5, 5.41) is 13.3. The van der Waals surface area contributed by atoms with Gasteiger partial charge in [-0.05, 0) is 42.5 Å². The van der Waals surface area contributed by atoms with Gasteiger partial charge in [0.1, 0.15) is 5.75 Å². The van der Waals surface area contributed by atoms with Crippen LogP contribution in [0.15, 0.2) is 30.6 Å². The fourth-order valence-electron chi connectivity index (χ4n) is 3.09. The predicted molar refractivity (Wildman–Crippen MR) is 81.0 cm³/mol. The molecule has 0 N–H and O–H groups in total. The summed E-state index contributed by atoms with van der Waals surface area (Å²) in [4.78, 5) is 0. The minimum atomic E-state index is -4.79. The third kappa shape index (κ3) is 4.07. The molecule has 1 aromatic carbocycles. The van der Waals surface area contributed by atoms with Crippen LogP contribution < -0.4 is 4.74 Å². The van der Waals surface area contributed by atoms with E-state index in [0.717, 1.165) is 12.6 Å². The van der Waals surface area contributed by atoms with Crippen LogP contribution >= 0.6 is 0 Å². The number of nitrogens with zero attached hydrogens (tertiary/aromatic N) is 3. The van der Waals surface area contributed by atoms with Crippen molar-refractivity contribution in [2.24, 2.45) is 5.92 Å². The molecule has 1 aliphatic carbocycles. The summed E-state index contributed by atoms with van der Waals surface area (Å²) in [6, 6.07) is 5.72. The van der Waals surface area contributed by atoms with Crippen molar-refractivity contribution in [2.75, 3.05) is 0 Å². The van der Waals surface area contributed by atoms with Crippen LogP contribution in [0.3, 0.4) is 0 Å². The summed E-state index contributed by atoms with van der Waals surface area (Å²) >= 11 is 0. The molecule has 3 rings (SSSR count). The molecule has 7 heteroatoms. The maximum Gasteiger partial charge on any atom is 0.573 e. The lowest BCUT2D eigenvalue weighted by Gasteiger charge is -2.10. The highest BCUT2D eigenvalue weighted by molar-refractivity contribution is 5.66. The molecule has 2 aromatic rings. The van der Waals surface area contributed by atoms with Crippen LogP contribution in [0.4, 0.5) is 13.2 Å². The van der Waals surface area contributed by atoms with Gasteiger partial charge >= 0.3 is 6.36 Å². The Morgan fingerprint density at radius 3 is 2.62 bits per heavy atom. The number of rotatable bonds is 4. The minimum Gasteiger partial charge on any atom is -0.406 e. The average molecular weight is 335 g/mol. The van der Waals surface area contributed by atoms with E-state index in [1.54, 1.807) is 12.4 Å². The van der Waals surface area contributed by atoms with E-state index in [2.05, 4.69) is 9.84 Å². The fourth-order valence-corrected chi connectivity index (χ4v) is 3.09. The van der Waals surface area contributed by atoms with Gasteiger partial charge in [0.15, 0.2) is 0 Å². The Bertz CT molecular complexity index is 755. The van der Waals surface area contributed by atoms with Crippen molar-refractivity contribution in [3.05, 3.63) is 36.2 Å². The molecule has 1 fully saturated rings. The first kappa shape index (κ1) is 16.4. The van der Waals surface area contributed by atoms with E-state index >= 15 is 0 Å². The number of hydrogen-bond acceptors (Lipinski definition) is 3. The lowest BCUT2D eigenvalue weighted by molar-refractivity contribution is -0.274. The summed E-state index contributed by atoms with van der Waals surface area (Å²) in [5.41, 5.74) is 1.25. The molecule has 126 valence electrons. The first-order valence-corrected chi connectivity index (χ1v) is 7.77. The second-order valence-corrected chi connectivity index (χ2v) is 6.01. The van der Waals surface area contributed by atoms with Crippen LogP contribution in [0.2, 0.25) is 0 Å². The van der Waals surface area contributed by atoms with Crippen molar-refractivity contribution in [1.82, 2.24) is 9.78 Å². The normalized spacial score (nSPS) is 15.4. The van der Waals surface area contributed by atoms with Crippen LogP contribution in [-0.4, -0.2) is 16.1 Å². The third-order valence-corrected chi connectivity index (χ3v) is 4.16. The molecule has 1 heterocycles. The monoisotopic (exact) mass is 335 g/mol. The molecule has 0 radical (unpaired) electrons. The summed E-state index contributed by atoms with van der Waals surface area (Å²) in [6.45, 7) is 0.809. The Labute approximate surface area is 137 Å². The van der Waals surface area contributed by atoms with E-state index in [-0.39, 0.29) is 5.56 Å². The lowest BCUT2D eigenvalue weighted by Crippen LogP contribution is -2.17. The van der Waals surface area contributed by atoms with Crippen LogP contribution in [0.5, 0.6) is 5.75 Å². The highest BCUT2D eigenvalue weighted by atomic mass is 19.4. The van der Waals surface area contributed by atoms with Gasteiger partial charge in [-0.2, -0.15) is 10.4 Å². The van der Waals surface area contributed by atoms with Crippen molar-refractivity contribution in [3.63, 3.8) is 0 Å². The van der Waals surface area contributed by atoms with E-state index in [9.17, 15) is 13.2 Å². The van der Waals surface area contributed by atoms with Gasteiger partial charge in [0.25, 0.3) is 0 Å². The number of benzene rings is 1. The highest BCUT2D eigenvalue weighted by Crippen LogP contribution is 2.30. The first-order chi connectivity index (χ1) is 11.4. The van der Waals surface area contributed by atoms with Gasteiger partial charge in [-0.3, -0.25) is 4.68 Å². The number of nitriles is 1. The first-order valence-electron chi connectivity index (χ1n) is 7.77. The Kier molecular flexibility index (Phi) is 4.47. The zero-order valence-electron chi connectivity index (χ0n) is 12.9. The zero-order valence-corrected chi connectivity index (χ0v) is 12.9. The molecule has 0 atom stereocenters. The van der Waals surface area contributed by atoms with Gasteiger partial charge in [0, 0.05) is 18.3 Å². The maximum absolute atomic E-state index is 12.4. The Morgan fingerprint density at radius 1 is 1.21 bits per heavy atom. The molecular formula is C17H16F3N3O. The standard InChI is InChI=1S/C17H16F3N3O/c18-17(19,20)24-16-6-13(8-21)5-14(7-16)15-9-22-23(11-15)10-12-3-1-2-4-12/h5-7,9,11-12H,1-4,10H2. The summed E-state index contributed by atoms with van der Waals surface area (Å²) < 4.78 is 43.0. The molecule has 0 amide bonds. The van der Waals surface area contributed by atoms with Crippen molar-refractivity contribution < 1.29 is 17.9 Å². The van der Waals surface area contributed by atoms with E-state index < -0.39 is 12.1 Å². The molecule has 0 bridgehead atoms. The molecular weight excluding hydrogens is 319 g/mol. The summed E-state index contributed by atoms with van der Waals surface area (Å²) in [7, 11) is 0. The summed E-state index contributed by atoms with van der Waals surface area (Å²) in [5.74, 6) is 0.201. The highest BCUT2D eigenvalue weighted by Gasteiger charge is 2.31. The minimum absolute atomic E-state index is 0.107. The van der Waals surface area contributed by atoms with Gasteiger partial charge in [0.2, 0.25) is 0 Å². The second kappa shape index (κ2) is 6.56. The molecule has 24 heavy (non-hydrogen) atoms. The second-order valence-electron chi connectivity index (χ2n) is 6.01.